The number of para-hydroxylation sites is 1. The van der Waals surface area contributed by atoms with Gasteiger partial charge in [-0.25, -0.2) is 0 Å². The zero-order valence-corrected chi connectivity index (χ0v) is 28.2. The van der Waals surface area contributed by atoms with E-state index >= 15 is 0 Å². The van der Waals surface area contributed by atoms with Crippen LogP contribution in [0.15, 0.2) is 132 Å². The Morgan fingerprint density at radius 1 is 0.630 bits per heavy atom. The Bertz CT molecular complexity index is 2000. The van der Waals surface area contributed by atoms with Crippen molar-refractivity contribution < 1.29 is 24.5 Å². The molecular weight excluding hydrogens is 741 g/mol. The fourth-order valence-electron chi connectivity index (χ4n) is 6.46. The van der Waals surface area contributed by atoms with E-state index in [4.69, 9.17) is 4.42 Å². The third-order valence-electron chi connectivity index (χ3n) is 8.73. The normalized spacial score (nSPS) is 13.1. The first-order valence-electron chi connectivity index (χ1n) is 16.0. The fourth-order valence-corrected chi connectivity index (χ4v) is 6.46. The minimum Gasteiger partial charge on any atom is -0.501 e. The van der Waals surface area contributed by atoms with E-state index in [-0.39, 0.29) is 20.1 Å². The van der Waals surface area contributed by atoms with Crippen molar-refractivity contribution in [2.24, 2.45) is 5.92 Å². The standard InChI is InChI=1S/C24H22NO.C18H14N.Ir/c1-2-7-17(8-3-1)15-18-13-14-25-22(16-18)21-11-6-10-20-19-9-4-5-12-23(19)26-24(20)21;1-3-7-15(8-4-1)13-16-11-12-19-18(14-16)17-9-5-2-6-10-17;/h4-6,9-10,12-14,16-17H,1-3,7-8,15H2;1-9,11-12,14H,13H2;/q2*-1;. The summed E-state index contributed by atoms with van der Waals surface area (Å²) < 4.78 is 6.16. The smallest absolute Gasteiger partial charge is 0.120 e. The molecule has 3 nitrogen and oxygen atoms in total. The van der Waals surface area contributed by atoms with Crippen LogP contribution in [0.5, 0.6) is 0 Å². The van der Waals surface area contributed by atoms with Crippen molar-refractivity contribution >= 4 is 21.9 Å². The molecule has 1 radical (unpaired) electrons. The Morgan fingerprint density at radius 3 is 2.20 bits per heavy atom. The average molecular weight is 777 g/mol. The van der Waals surface area contributed by atoms with Crippen LogP contribution in [0.4, 0.5) is 0 Å². The van der Waals surface area contributed by atoms with Crippen molar-refractivity contribution in [2.45, 2.75) is 44.9 Å². The van der Waals surface area contributed by atoms with Crippen molar-refractivity contribution in [1.29, 1.82) is 0 Å². The Kier molecular flexibility index (Phi) is 10.5. The summed E-state index contributed by atoms with van der Waals surface area (Å²) in [6.07, 6.45) is 12.8. The molecule has 0 aliphatic heterocycles. The second kappa shape index (κ2) is 15.3. The van der Waals surface area contributed by atoms with Gasteiger partial charge in [-0.15, -0.1) is 54.1 Å². The molecule has 0 N–H and O–H groups in total. The maximum atomic E-state index is 6.16. The number of benzene rings is 4. The van der Waals surface area contributed by atoms with Gasteiger partial charge in [0.15, 0.2) is 0 Å². The maximum absolute atomic E-state index is 6.16. The molecule has 1 aliphatic carbocycles. The Morgan fingerprint density at radius 2 is 1.37 bits per heavy atom. The van der Waals surface area contributed by atoms with Gasteiger partial charge in [0.25, 0.3) is 0 Å². The summed E-state index contributed by atoms with van der Waals surface area (Å²) in [5.74, 6) is 0.824. The van der Waals surface area contributed by atoms with Gasteiger partial charge in [0, 0.05) is 37.9 Å². The number of aromatic nitrogens is 2. The van der Waals surface area contributed by atoms with Crippen molar-refractivity contribution in [2.75, 3.05) is 0 Å². The average Bonchev–Trinajstić information content (AvgIpc) is 3.49. The van der Waals surface area contributed by atoms with Gasteiger partial charge in [-0.1, -0.05) is 109 Å². The molecule has 46 heavy (non-hydrogen) atoms. The SMILES string of the molecule is [Ir].[c-]1ccc2c(oc3ccccc32)c1-c1cc(CC2CCCCC2)ccn1.[c-]1ccccc1-c1cc(Cc2ccccc2)ccn1. The van der Waals surface area contributed by atoms with Crippen LogP contribution < -0.4 is 0 Å². The Hall–Kier alpha value is -4.37. The van der Waals surface area contributed by atoms with E-state index in [0.29, 0.717) is 0 Å². The quantitative estimate of drug-likeness (QED) is 0.158. The fraction of sp³-hybridized carbons (Fsp3) is 0.190. The summed E-state index contributed by atoms with van der Waals surface area (Å²) >= 11 is 0. The molecule has 0 unspecified atom stereocenters. The molecule has 3 aromatic heterocycles. The third kappa shape index (κ3) is 7.53. The molecule has 0 bridgehead atoms. The van der Waals surface area contributed by atoms with Gasteiger partial charge in [0.05, 0.1) is 5.58 Å². The molecule has 1 fully saturated rings. The van der Waals surface area contributed by atoms with Crippen LogP contribution >= 0.6 is 0 Å². The van der Waals surface area contributed by atoms with Crippen LogP contribution in [0, 0.1) is 18.1 Å². The number of hydrogen-bond donors (Lipinski definition) is 0. The molecule has 4 heteroatoms. The van der Waals surface area contributed by atoms with Gasteiger partial charge >= 0.3 is 0 Å². The Labute approximate surface area is 285 Å². The molecule has 3 heterocycles. The molecule has 0 saturated heterocycles. The zero-order chi connectivity index (χ0) is 30.3. The topological polar surface area (TPSA) is 38.9 Å². The van der Waals surface area contributed by atoms with E-state index in [1.165, 1.54) is 48.8 Å². The first-order chi connectivity index (χ1) is 22.3. The number of fused-ring (bicyclic) bond motifs is 3. The predicted molar refractivity (Wildman–Crippen MR) is 184 cm³/mol. The molecule has 7 aromatic rings. The summed E-state index contributed by atoms with van der Waals surface area (Å²) in [6, 6.07) is 45.8. The summed E-state index contributed by atoms with van der Waals surface area (Å²) in [7, 11) is 0. The number of furan rings is 1. The number of hydrogen-bond acceptors (Lipinski definition) is 3. The van der Waals surface area contributed by atoms with Crippen molar-refractivity contribution in [3.05, 3.63) is 156 Å². The first kappa shape index (κ1) is 31.6. The predicted octanol–water partition coefficient (Wildman–Crippen LogP) is 10.7. The molecule has 0 amide bonds. The second-order valence-electron chi connectivity index (χ2n) is 11.9. The maximum Gasteiger partial charge on any atom is 0.120 e. The number of rotatable bonds is 6. The van der Waals surface area contributed by atoms with Crippen molar-refractivity contribution in [3.8, 4) is 22.5 Å². The number of pyridine rings is 2. The van der Waals surface area contributed by atoms with Gasteiger partial charge in [0.1, 0.15) is 5.58 Å². The molecule has 1 saturated carbocycles. The molecule has 4 aromatic carbocycles. The first-order valence-corrected chi connectivity index (χ1v) is 16.0. The summed E-state index contributed by atoms with van der Waals surface area (Å²) in [5, 5.41) is 2.28. The molecular formula is C42H36IrN2O-2. The Balaban J connectivity index is 0.000000166. The van der Waals surface area contributed by atoms with E-state index < -0.39 is 0 Å². The van der Waals surface area contributed by atoms with Crippen LogP contribution in [0.25, 0.3) is 44.5 Å². The molecule has 8 rings (SSSR count). The van der Waals surface area contributed by atoms with Gasteiger partial charge in [-0.2, -0.15) is 0 Å². The van der Waals surface area contributed by atoms with Gasteiger partial charge in [-0.3, -0.25) is 0 Å². The summed E-state index contributed by atoms with van der Waals surface area (Å²) in [6.45, 7) is 0. The van der Waals surface area contributed by atoms with Gasteiger partial charge in [0.2, 0.25) is 0 Å². The van der Waals surface area contributed by atoms with Crippen LogP contribution in [0.2, 0.25) is 0 Å². The zero-order valence-electron chi connectivity index (χ0n) is 25.8. The summed E-state index contributed by atoms with van der Waals surface area (Å²) in [4.78, 5) is 9.05. The van der Waals surface area contributed by atoms with Crippen LogP contribution in [0.3, 0.4) is 0 Å². The van der Waals surface area contributed by atoms with Crippen molar-refractivity contribution in [1.82, 2.24) is 9.97 Å². The minimum atomic E-state index is 0. The van der Waals surface area contributed by atoms with E-state index in [9.17, 15) is 0 Å². The third-order valence-corrected chi connectivity index (χ3v) is 8.73. The molecule has 1 aliphatic rings. The molecule has 0 atom stereocenters. The van der Waals surface area contributed by atoms with Gasteiger partial charge < -0.3 is 14.4 Å². The largest absolute Gasteiger partial charge is 0.501 e. The van der Waals surface area contributed by atoms with Crippen molar-refractivity contribution in [3.63, 3.8) is 0 Å². The monoisotopic (exact) mass is 777 g/mol. The van der Waals surface area contributed by atoms with E-state index in [1.807, 2.05) is 60.9 Å². The molecule has 0 spiro atoms. The second-order valence-corrected chi connectivity index (χ2v) is 11.9. The van der Waals surface area contributed by atoms with E-state index in [1.54, 1.807) is 0 Å². The minimum absolute atomic E-state index is 0. The molecule has 231 valence electrons. The van der Waals surface area contributed by atoms with E-state index in [2.05, 4.69) is 88.8 Å². The summed E-state index contributed by atoms with van der Waals surface area (Å²) in [5.41, 5.74) is 9.71. The number of nitrogens with zero attached hydrogens (tertiary/aromatic N) is 2. The van der Waals surface area contributed by atoms with Gasteiger partial charge in [-0.05, 0) is 59.5 Å². The van der Waals surface area contributed by atoms with E-state index in [0.717, 1.165) is 63.2 Å². The van der Waals surface area contributed by atoms with Crippen LogP contribution in [-0.4, -0.2) is 9.97 Å². The van der Waals surface area contributed by atoms with Crippen LogP contribution in [0.1, 0.15) is 48.8 Å². The van der Waals surface area contributed by atoms with Crippen LogP contribution in [-0.2, 0) is 32.9 Å².